The fourth-order valence-electron chi connectivity index (χ4n) is 2.67. The van der Waals surface area contributed by atoms with Crippen LogP contribution in [0.15, 0.2) is 54.6 Å². The highest BCUT2D eigenvalue weighted by atomic mass is 16.5. The van der Waals surface area contributed by atoms with Crippen molar-refractivity contribution in [1.29, 1.82) is 0 Å². The molecule has 0 heterocycles. The van der Waals surface area contributed by atoms with Crippen LogP contribution in [0.5, 0.6) is 0 Å². The van der Waals surface area contributed by atoms with Crippen LogP contribution >= 0.6 is 0 Å². The van der Waals surface area contributed by atoms with E-state index < -0.39 is 12.1 Å². The maximum absolute atomic E-state index is 12.3. The van der Waals surface area contributed by atoms with E-state index in [1.807, 2.05) is 37.3 Å². The summed E-state index contributed by atoms with van der Waals surface area (Å²) in [5.74, 6) is -0.517. The predicted molar refractivity (Wildman–Crippen MR) is 98.5 cm³/mol. The van der Waals surface area contributed by atoms with Gasteiger partial charge in [-0.25, -0.2) is 4.79 Å². The maximum atomic E-state index is 12.3. The van der Waals surface area contributed by atoms with E-state index in [0.717, 1.165) is 12.0 Å². The molecule has 2 rings (SSSR count). The number of carbonyl (C=O) groups is 2. The van der Waals surface area contributed by atoms with Crippen molar-refractivity contribution in [3.8, 4) is 0 Å². The third kappa shape index (κ3) is 5.18. The molecular weight excluding hydrogens is 314 g/mol. The number of ether oxygens (including phenoxy) is 1. The van der Waals surface area contributed by atoms with E-state index in [0.29, 0.717) is 12.1 Å². The molecule has 0 saturated carbocycles. The number of nitrogens with one attached hydrogen (secondary N) is 1. The quantitative estimate of drug-likeness (QED) is 0.780. The number of carbonyl (C=O) groups excluding carboxylic acids is 2. The first-order valence-corrected chi connectivity index (χ1v) is 8.62. The first kappa shape index (κ1) is 18.7. The lowest BCUT2D eigenvalue weighted by Gasteiger charge is -2.19. The van der Waals surface area contributed by atoms with Gasteiger partial charge in [0.1, 0.15) is 0 Å². The molecule has 25 heavy (non-hydrogen) atoms. The minimum atomic E-state index is -0.833. The van der Waals surface area contributed by atoms with Crippen molar-refractivity contribution >= 4 is 11.9 Å². The highest BCUT2D eigenvalue weighted by molar-refractivity contribution is 5.93. The Labute approximate surface area is 149 Å². The molecule has 0 aliphatic rings. The van der Waals surface area contributed by atoms with Crippen LogP contribution in [0.4, 0.5) is 0 Å². The Balaban J connectivity index is 1.90. The fourth-order valence-corrected chi connectivity index (χ4v) is 2.67. The summed E-state index contributed by atoms with van der Waals surface area (Å²) >= 11 is 0. The molecule has 1 N–H and O–H groups in total. The molecule has 2 atom stereocenters. The summed E-state index contributed by atoms with van der Waals surface area (Å²) in [4.78, 5) is 24.5. The van der Waals surface area contributed by atoms with Crippen molar-refractivity contribution in [3.05, 3.63) is 71.3 Å². The van der Waals surface area contributed by atoms with Crippen molar-refractivity contribution in [3.63, 3.8) is 0 Å². The first-order valence-electron chi connectivity index (χ1n) is 8.62. The third-order valence-corrected chi connectivity index (χ3v) is 4.30. The van der Waals surface area contributed by atoms with Crippen molar-refractivity contribution in [2.45, 2.75) is 39.2 Å². The second kappa shape index (κ2) is 9.02. The Morgan fingerprint density at radius 1 is 1.04 bits per heavy atom. The van der Waals surface area contributed by atoms with Crippen molar-refractivity contribution in [2.75, 3.05) is 6.54 Å². The number of hydrogen-bond donors (Lipinski definition) is 1. The van der Waals surface area contributed by atoms with Gasteiger partial charge in [0.25, 0.3) is 5.91 Å². The van der Waals surface area contributed by atoms with Crippen LogP contribution in [-0.4, -0.2) is 24.5 Å². The number of esters is 1. The van der Waals surface area contributed by atoms with E-state index in [-0.39, 0.29) is 11.8 Å². The van der Waals surface area contributed by atoms with Crippen LogP contribution in [0.1, 0.15) is 47.7 Å². The minimum absolute atomic E-state index is 0.240. The summed E-state index contributed by atoms with van der Waals surface area (Å²) in [5, 5.41) is 2.89. The third-order valence-electron chi connectivity index (χ3n) is 4.30. The molecule has 1 amide bonds. The summed E-state index contributed by atoms with van der Waals surface area (Å²) in [7, 11) is 0. The second-order valence-corrected chi connectivity index (χ2v) is 6.12. The van der Waals surface area contributed by atoms with E-state index in [1.54, 1.807) is 19.1 Å². The van der Waals surface area contributed by atoms with Gasteiger partial charge >= 0.3 is 5.97 Å². The van der Waals surface area contributed by atoms with Crippen LogP contribution < -0.4 is 5.32 Å². The van der Waals surface area contributed by atoms with E-state index >= 15 is 0 Å². The zero-order valence-electron chi connectivity index (χ0n) is 15.0. The lowest BCUT2D eigenvalue weighted by Crippen LogP contribution is -2.38. The minimum Gasteiger partial charge on any atom is -0.449 e. The molecule has 0 radical (unpaired) electrons. The van der Waals surface area contributed by atoms with E-state index in [4.69, 9.17) is 4.74 Å². The molecule has 0 spiro atoms. The number of benzene rings is 2. The van der Waals surface area contributed by atoms with E-state index in [2.05, 4.69) is 24.4 Å². The van der Waals surface area contributed by atoms with Crippen molar-refractivity contribution < 1.29 is 14.3 Å². The van der Waals surface area contributed by atoms with Crippen LogP contribution in [0.3, 0.4) is 0 Å². The molecule has 0 unspecified atom stereocenters. The van der Waals surface area contributed by atoms with Gasteiger partial charge in [-0.2, -0.15) is 0 Å². The Morgan fingerprint density at radius 2 is 1.68 bits per heavy atom. The molecule has 4 nitrogen and oxygen atoms in total. The molecule has 132 valence electrons. The molecule has 0 bridgehead atoms. The Kier molecular flexibility index (Phi) is 6.75. The SMILES string of the molecule is CC[C@@H](CNC(=O)[C@H](C)OC(=O)c1ccccc1C)c1ccccc1. The van der Waals surface area contributed by atoms with Crippen molar-refractivity contribution in [1.82, 2.24) is 5.32 Å². The summed E-state index contributed by atoms with van der Waals surface area (Å²) in [6.07, 6.45) is 0.0853. The summed E-state index contributed by atoms with van der Waals surface area (Å²) in [6, 6.07) is 17.2. The van der Waals surface area contributed by atoms with Gasteiger partial charge in [0.15, 0.2) is 6.10 Å². The number of amides is 1. The second-order valence-electron chi connectivity index (χ2n) is 6.12. The zero-order chi connectivity index (χ0) is 18.2. The topological polar surface area (TPSA) is 55.4 Å². The molecule has 0 aromatic heterocycles. The maximum Gasteiger partial charge on any atom is 0.339 e. The molecule has 2 aromatic rings. The highest BCUT2D eigenvalue weighted by Crippen LogP contribution is 2.18. The van der Waals surface area contributed by atoms with Gasteiger partial charge in [-0.1, -0.05) is 55.5 Å². The highest BCUT2D eigenvalue weighted by Gasteiger charge is 2.20. The molecule has 4 heteroatoms. The van der Waals surface area contributed by atoms with Gasteiger partial charge in [0.2, 0.25) is 0 Å². The van der Waals surface area contributed by atoms with Gasteiger partial charge in [0.05, 0.1) is 5.56 Å². The molecule has 0 saturated heterocycles. The average molecular weight is 339 g/mol. The molecular formula is C21H25NO3. The van der Waals surface area contributed by atoms with E-state index in [9.17, 15) is 9.59 Å². The summed E-state index contributed by atoms with van der Waals surface area (Å²) in [5.41, 5.74) is 2.50. The first-order chi connectivity index (χ1) is 12.0. The normalized spacial score (nSPS) is 12.9. The summed E-state index contributed by atoms with van der Waals surface area (Å²) in [6.45, 7) is 6.04. The predicted octanol–water partition coefficient (Wildman–Crippen LogP) is 3.85. The lowest BCUT2D eigenvalue weighted by atomic mass is 9.96. The standard InChI is InChI=1S/C21H25NO3/c1-4-17(18-11-6-5-7-12-18)14-22-20(23)16(3)25-21(24)19-13-9-8-10-15(19)2/h5-13,16-17H,4,14H2,1-3H3,(H,22,23)/t16-,17-/m0/s1. The monoisotopic (exact) mass is 339 g/mol. The molecule has 0 aliphatic carbocycles. The lowest BCUT2D eigenvalue weighted by molar-refractivity contribution is -0.129. The van der Waals surface area contributed by atoms with E-state index in [1.165, 1.54) is 5.56 Å². The van der Waals surface area contributed by atoms with Crippen LogP contribution in [0.25, 0.3) is 0 Å². The number of aryl methyl sites for hydroxylation is 1. The smallest absolute Gasteiger partial charge is 0.339 e. The molecule has 0 aliphatic heterocycles. The van der Waals surface area contributed by atoms with Crippen molar-refractivity contribution in [2.24, 2.45) is 0 Å². The fraction of sp³-hybridized carbons (Fsp3) is 0.333. The number of rotatable bonds is 7. The van der Waals surface area contributed by atoms with Gasteiger partial charge < -0.3 is 10.1 Å². The average Bonchev–Trinajstić information content (AvgIpc) is 2.63. The molecule has 2 aromatic carbocycles. The Bertz CT molecular complexity index is 712. The summed E-state index contributed by atoms with van der Waals surface area (Å²) < 4.78 is 5.30. The van der Waals surface area contributed by atoms with Crippen LogP contribution in [-0.2, 0) is 9.53 Å². The van der Waals surface area contributed by atoms with Crippen LogP contribution in [0.2, 0.25) is 0 Å². The van der Waals surface area contributed by atoms with Crippen LogP contribution in [0, 0.1) is 6.92 Å². The zero-order valence-corrected chi connectivity index (χ0v) is 15.0. The Morgan fingerprint density at radius 3 is 2.32 bits per heavy atom. The van der Waals surface area contributed by atoms with Gasteiger partial charge in [-0.05, 0) is 37.5 Å². The number of hydrogen-bond acceptors (Lipinski definition) is 3. The van der Waals surface area contributed by atoms with Gasteiger partial charge in [-0.15, -0.1) is 0 Å². The Hall–Kier alpha value is -2.62. The van der Waals surface area contributed by atoms with Gasteiger partial charge in [-0.3, -0.25) is 4.79 Å². The van der Waals surface area contributed by atoms with Gasteiger partial charge in [0, 0.05) is 12.5 Å². The largest absolute Gasteiger partial charge is 0.449 e. The molecule has 0 fully saturated rings.